The molecule has 6 heteroatoms. The summed E-state index contributed by atoms with van der Waals surface area (Å²) in [5.74, 6) is 0.986. The van der Waals surface area contributed by atoms with Crippen LogP contribution in [0, 0.1) is 13.8 Å². The third-order valence-electron chi connectivity index (χ3n) is 3.90. The van der Waals surface area contributed by atoms with Crippen LogP contribution >= 0.6 is 0 Å². The van der Waals surface area contributed by atoms with Gasteiger partial charge in [0.1, 0.15) is 23.6 Å². The van der Waals surface area contributed by atoms with Gasteiger partial charge in [-0.05, 0) is 55.3 Å². The van der Waals surface area contributed by atoms with Crippen molar-refractivity contribution in [3.8, 4) is 5.75 Å². The number of hydrogen-bond donors (Lipinski definition) is 2. The fraction of sp³-hybridized carbons (Fsp3) is 0.150. The van der Waals surface area contributed by atoms with Crippen molar-refractivity contribution in [3.05, 3.63) is 71.7 Å². The first-order valence-corrected chi connectivity index (χ1v) is 8.17. The largest absolute Gasteiger partial charge is 0.497 e. The van der Waals surface area contributed by atoms with Crippen LogP contribution in [0.1, 0.15) is 21.6 Å². The number of nitrogens with zero attached hydrogens (tertiary/aromatic N) is 2. The monoisotopic (exact) mass is 348 g/mol. The maximum absolute atomic E-state index is 12.4. The van der Waals surface area contributed by atoms with Gasteiger partial charge in [0.25, 0.3) is 5.91 Å². The number of nitrogens with one attached hydrogen (secondary N) is 2. The van der Waals surface area contributed by atoms with Gasteiger partial charge in [-0.1, -0.05) is 12.1 Å². The smallest absolute Gasteiger partial charge is 0.274 e. The molecule has 3 aromatic rings. The minimum absolute atomic E-state index is 0.281. The van der Waals surface area contributed by atoms with Crippen LogP contribution in [0.5, 0.6) is 5.75 Å². The maximum atomic E-state index is 12.4. The highest BCUT2D eigenvalue weighted by atomic mass is 16.5. The Bertz CT molecular complexity index is 923. The molecule has 0 bridgehead atoms. The molecule has 3 rings (SSSR count). The second-order valence-electron chi connectivity index (χ2n) is 5.91. The van der Waals surface area contributed by atoms with Crippen LogP contribution < -0.4 is 15.4 Å². The standard InChI is InChI=1S/C20H20N4O2/c1-13-4-5-14(2)17(10-13)24-19-11-18(21-12-22-19)20(25)23-15-6-8-16(26-3)9-7-15/h4-12H,1-3H3,(H,23,25)(H,21,22,24). The molecule has 0 radical (unpaired) electrons. The number of hydrogen-bond acceptors (Lipinski definition) is 5. The molecule has 2 aromatic carbocycles. The average Bonchev–Trinajstić information content (AvgIpc) is 2.65. The molecule has 2 N–H and O–H groups in total. The van der Waals surface area contributed by atoms with Crippen molar-refractivity contribution < 1.29 is 9.53 Å². The van der Waals surface area contributed by atoms with Crippen molar-refractivity contribution in [2.45, 2.75) is 13.8 Å². The van der Waals surface area contributed by atoms with Gasteiger partial charge < -0.3 is 15.4 Å². The number of aromatic nitrogens is 2. The van der Waals surface area contributed by atoms with E-state index in [1.54, 1.807) is 37.4 Å². The van der Waals surface area contributed by atoms with Gasteiger partial charge in [-0.15, -0.1) is 0 Å². The van der Waals surface area contributed by atoms with E-state index in [4.69, 9.17) is 4.74 Å². The number of benzene rings is 2. The zero-order valence-electron chi connectivity index (χ0n) is 14.9. The summed E-state index contributed by atoms with van der Waals surface area (Å²) < 4.78 is 5.11. The van der Waals surface area contributed by atoms with Gasteiger partial charge in [0, 0.05) is 17.4 Å². The van der Waals surface area contributed by atoms with Gasteiger partial charge in [-0.3, -0.25) is 4.79 Å². The number of methoxy groups -OCH3 is 1. The first-order valence-electron chi connectivity index (χ1n) is 8.17. The quantitative estimate of drug-likeness (QED) is 0.726. The second kappa shape index (κ2) is 7.65. The second-order valence-corrected chi connectivity index (χ2v) is 5.91. The van der Waals surface area contributed by atoms with Gasteiger partial charge in [-0.2, -0.15) is 0 Å². The topological polar surface area (TPSA) is 76.1 Å². The van der Waals surface area contributed by atoms with E-state index in [1.165, 1.54) is 6.33 Å². The summed E-state index contributed by atoms with van der Waals surface area (Å²) in [7, 11) is 1.60. The molecular formula is C20H20N4O2. The van der Waals surface area contributed by atoms with Crippen molar-refractivity contribution in [3.63, 3.8) is 0 Å². The molecule has 0 saturated heterocycles. The molecule has 1 amide bonds. The molecule has 0 aliphatic heterocycles. The number of aryl methyl sites for hydroxylation is 2. The average molecular weight is 348 g/mol. The predicted octanol–water partition coefficient (Wildman–Crippen LogP) is 4.10. The minimum Gasteiger partial charge on any atom is -0.497 e. The fourth-order valence-corrected chi connectivity index (χ4v) is 2.43. The molecule has 0 aliphatic rings. The van der Waals surface area contributed by atoms with Crippen molar-refractivity contribution in [2.24, 2.45) is 0 Å². The molecule has 26 heavy (non-hydrogen) atoms. The van der Waals surface area contributed by atoms with Crippen molar-refractivity contribution in [1.29, 1.82) is 0 Å². The SMILES string of the molecule is COc1ccc(NC(=O)c2cc(Nc3cc(C)ccc3C)ncn2)cc1. The first kappa shape index (κ1) is 17.4. The van der Waals surface area contributed by atoms with Crippen molar-refractivity contribution in [2.75, 3.05) is 17.7 Å². The lowest BCUT2D eigenvalue weighted by Crippen LogP contribution is -2.14. The summed E-state index contributed by atoms with van der Waals surface area (Å²) in [6.07, 6.45) is 1.37. The fourth-order valence-electron chi connectivity index (χ4n) is 2.43. The van der Waals surface area contributed by atoms with Crippen molar-refractivity contribution >= 4 is 23.1 Å². The van der Waals surface area contributed by atoms with Crippen LogP contribution in [-0.4, -0.2) is 23.0 Å². The predicted molar refractivity (Wildman–Crippen MR) is 102 cm³/mol. The molecule has 0 saturated carbocycles. The molecule has 6 nitrogen and oxygen atoms in total. The van der Waals surface area contributed by atoms with Gasteiger partial charge in [0.15, 0.2) is 0 Å². The number of amides is 1. The lowest BCUT2D eigenvalue weighted by molar-refractivity contribution is 0.102. The maximum Gasteiger partial charge on any atom is 0.274 e. The van der Waals surface area contributed by atoms with Crippen molar-refractivity contribution in [1.82, 2.24) is 9.97 Å². The normalized spacial score (nSPS) is 10.3. The zero-order chi connectivity index (χ0) is 18.5. The zero-order valence-corrected chi connectivity index (χ0v) is 14.9. The van der Waals surface area contributed by atoms with Crippen LogP contribution in [0.2, 0.25) is 0 Å². The summed E-state index contributed by atoms with van der Waals surface area (Å²) >= 11 is 0. The number of rotatable bonds is 5. The van der Waals surface area contributed by atoms with Crippen LogP contribution in [-0.2, 0) is 0 Å². The van der Waals surface area contributed by atoms with Crippen LogP contribution in [0.25, 0.3) is 0 Å². The molecule has 132 valence electrons. The van der Waals surface area contributed by atoms with Gasteiger partial charge in [0.2, 0.25) is 0 Å². The Morgan fingerprint density at radius 2 is 1.77 bits per heavy atom. The Labute approximate surface area is 152 Å². The Balaban J connectivity index is 1.75. The lowest BCUT2D eigenvalue weighted by Gasteiger charge is -2.11. The van der Waals surface area contributed by atoms with Crippen LogP contribution in [0.3, 0.4) is 0 Å². The van der Waals surface area contributed by atoms with Gasteiger partial charge in [0.05, 0.1) is 7.11 Å². The van der Waals surface area contributed by atoms with E-state index in [1.807, 2.05) is 32.0 Å². The molecule has 0 aliphatic carbocycles. The first-order chi connectivity index (χ1) is 12.5. The Morgan fingerprint density at radius 3 is 2.50 bits per heavy atom. The summed E-state index contributed by atoms with van der Waals surface area (Å²) in [5, 5.41) is 6.05. The van der Waals surface area contributed by atoms with Gasteiger partial charge in [-0.25, -0.2) is 9.97 Å². The lowest BCUT2D eigenvalue weighted by atomic mass is 10.1. The Morgan fingerprint density at radius 1 is 1.00 bits per heavy atom. The molecule has 1 aromatic heterocycles. The molecule has 1 heterocycles. The van der Waals surface area contributed by atoms with E-state index in [-0.39, 0.29) is 11.6 Å². The highest BCUT2D eigenvalue weighted by Crippen LogP contribution is 2.21. The summed E-state index contributed by atoms with van der Waals surface area (Å²) in [6, 6.07) is 14.9. The molecule has 0 atom stereocenters. The van der Waals surface area contributed by atoms with E-state index in [0.717, 1.165) is 22.6 Å². The number of carbonyl (C=O) groups excluding carboxylic acids is 1. The van der Waals surface area contributed by atoms with Crippen LogP contribution in [0.4, 0.5) is 17.2 Å². The Kier molecular flexibility index (Phi) is 5.12. The van der Waals surface area contributed by atoms with E-state index < -0.39 is 0 Å². The number of carbonyl (C=O) groups is 1. The van der Waals surface area contributed by atoms with E-state index in [0.29, 0.717) is 11.5 Å². The minimum atomic E-state index is -0.304. The molecule has 0 spiro atoms. The summed E-state index contributed by atoms with van der Waals surface area (Å²) in [4.78, 5) is 20.7. The third-order valence-corrected chi connectivity index (χ3v) is 3.90. The molecular weight excluding hydrogens is 328 g/mol. The third kappa shape index (κ3) is 4.16. The van der Waals surface area contributed by atoms with E-state index >= 15 is 0 Å². The highest BCUT2D eigenvalue weighted by molar-refractivity contribution is 6.03. The van der Waals surface area contributed by atoms with Crippen LogP contribution in [0.15, 0.2) is 54.9 Å². The molecule has 0 unspecified atom stereocenters. The van der Waals surface area contributed by atoms with E-state index in [9.17, 15) is 4.79 Å². The highest BCUT2D eigenvalue weighted by Gasteiger charge is 2.10. The Hall–Kier alpha value is -3.41. The number of ether oxygens (including phenoxy) is 1. The summed E-state index contributed by atoms with van der Waals surface area (Å²) in [5.41, 5.74) is 4.13. The van der Waals surface area contributed by atoms with E-state index in [2.05, 4.69) is 20.6 Å². The number of anilines is 3. The van der Waals surface area contributed by atoms with Gasteiger partial charge >= 0.3 is 0 Å². The summed E-state index contributed by atoms with van der Waals surface area (Å²) in [6.45, 7) is 4.04. The molecule has 0 fully saturated rings.